The Bertz CT molecular complexity index is 1320. The van der Waals surface area contributed by atoms with E-state index >= 15 is 0 Å². The van der Waals surface area contributed by atoms with Crippen LogP contribution in [0.5, 0.6) is 11.5 Å². The largest absolute Gasteiger partial charge is 0.493 e. The Morgan fingerprint density at radius 1 is 1.10 bits per heavy atom. The highest BCUT2D eigenvalue weighted by molar-refractivity contribution is 6.31. The van der Waals surface area contributed by atoms with Gasteiger partial charge >= 0.3 is 5.97 Å². The second-order valence-corrected chi connectivity index (χ2v) is 9.77. The second kappa shape index (κ2) is 14.8. The number of aliphatic carboxylic acids is 1. The first-order valence-electron chi connectivity index (χ1n) is 13.2. The van der Waals surface area contributed by atoms with Gasteiger partial charge in [0, 0.05) is 67.7 Å². The van der Waals surface area contributed by atoms with Crippen molar-refractivity contribution in [2.75, 3.05) is 65.0 Å². The van der Waals surface area contributed by atoms with E-state index in [0.29, 0.717) is 57.6 Å². The number of ether oxygens (including phenoxy) is 3. The van der Waals surface area contributed by atoms with Gasteiger partial charge in [0.2, 0.25) is 0 Å². The first-order valence-corrected chi connectivity index (χ1v) is 13.6. The van der Waals surface area contributed by atoms with Crippen molar-refractivity contribution in [3.05, 3.63) is 47.2 Å². The van der Waals surface area contributed by atoms with Gasteiger partial charge in [-0.15, -0.1) is 0 Å². The zero-order valence-electron chi connectivity index (χ0n) is 22.5. The molecular formula is C28H34ClN5O6. The highest BCUT2D eigenvalue weighted by Gasteiger charge is 2.15. The summed E-state index contributed by atoms with van der Waals surface area (Å²) in [4.78, 5) is 34.4. The number of nitrogens with zero attached hydrogens (tertiary/aromatic N) is 3. The third kappa shape index (κ3) is 8.49. The van der Waals surface area contributed by atoms with Crippen molar-refractivity contribution in [1.82, 2.24) is 20.2 Å². The van der Waals surface area contributed by atoms with Crippen LogP contribution in [0.15, 0.2) is 36.7 Å². The number of morpholine rings is 1. The molecule has 1 saturated heterocycles. The van der Waals surface area contributed by atoms with Crippen LogP contribution in [0.3, 0.4) is 0 Å². The van der Waals surface area contributed by atoms with Crippen molar-refractivity contribution in [2.24, 2.45) is 0 Å². The molecule has 11 nitrogen and oxygen atoms in total. The standard InChI is InChI=1S/C28H34ClN5O6/c1-38-25-17-24-22(16-26(25)40-11-7-30-6-8-34-9-12-39-13-10-34)28(32-18-31-24)33-23-15-20(29)3-2-19(23)14-21(35)4-5-27(36)37/h2-3,15-18,30H,4-14H2,1H3,(H,36,37)(H,31,32,33). The van der Waals surface area contributed by atoms with Crippen molar-refractivity contribution in [3.63, 3.8) is 0 Å². The van der Waals surface area contributed by atoms with E-state index in [0.717, 1.165) is 39.4 Å². The van der Waals surface area contributed by atoms with E-state index in [9.17, 15) is 9.59 Å². The lowest BCUT2D eigenvalue weighted by molar-refractivity contribution is -0.138. The summed E-state index contributed by atoms with van der Waals surface area (Å²) < 4.78 is 17.0. The molecule has 1 aliphatic heterocycles. The summed E-state index contributed by atoms with van der Waals surface area (Å²) in [6, 6.07) is 8.76. The fourth-order valence-corrected chi connectivity index (χ4v) is 4.52. The number of aromatic nitrogens is 2. The fraction of sp³-hybridized carbons (Fsp3) is 0.429. The molecule has 0 unspecified atom stereocenters. The van der Waals surface area contributed by atoms with Crippen LogP contribution < -0.4 is 20.1 Å². The number of hydrogen-bond acceptors (Lipinski definition) is 10. The summed E-state index contributed by atoms with van der Waals surface area (Å²) in [5, 5.41) is 16.8. The number of hydrogen-bond donors (Lipinski definition) is 3. The predicted octanol–water partition coefficient (Wildman–Crippen LogP) is 3.31. The average Bonchev–Trinajstić information content (AvgIpc) is 2.95. The summed E-state index contributed by atoms with van der Waals surface area (Å²) in [6.07, 6.45) is 1.25. The van der Waals surface area contributed by atoms with Gasteiger partial charge in [0.05, 0.1) is 32.3 Å². The molecule has 4 rings (SSSR count). The lowest BCUT2D eigenvalue weighted by Gasteiger charge is -2.26. The van der Waals surface area contributed by atoms with E-state index in [1.807, 2.05) is 6.07 Å². The topological polar surface area (TPSA) is 135 Å². The molecule has 2 heterocycles. The number of halogens is 1. The predicted molar refractivity (Wildman–Crippen MR) is 152 cm³/mol. The number of anilines is 2. The summed E-state index contributed by atoms with van der Waals surface area (Å²) in [6.45, 7) is 6.43. The first kappa shape index (κ1) is 29.5. The summed E-state index contributed by atoms with van der Waals surface area (Å²) in [5.41, 5.74) is 1.92. The number of fused-ring (bicyclic) bond motifs is 1. The minimum atomic E-state index is -1.01. The first-order chi connectivity index (χ1) is 19.4. The van der Waals surface area contributed by atoms with Crippen molar-refractivity contribution >= 4 is 45.8 Å². The van der Waals surface area contributed by atoms with Gasteiger partial charge in [-0.05, 0) is 23.8 Å². The lowest BCUT2D eigenvalue weighted by atomic mass is 10.0. The maximum atomic E-state index is 12.4. The van der Waals surface area contributed by atoms with Crippen LogP contribution in [-0.2, 0) is 20.7 Å². The van der Waals surface area contributed by atoms with E-state index in [1.165, 1.54) is 6.33 Å². The molecule has 0 radical (unpaired) electrons. The van der Waals surface area contributed by atoms with Gasteiger partial charge in [0.15, 0.2) is 11.5 Å². The Balaban J connectivity index is 1.45. The molecule has 1 aromatic heterocycles. The molecule has 1 aliphatic rings. The number of Topliss-reactive ketones (excluding diaryl/α,β-unsaturated/α-hetero) is 1. The van der Waals surface area contributed by atoms with E-state index in [1.54, 1.807) is 31.4 Å². The number of methoxy groups -OCH3 is 1. The molecule has 0 bridgehead atoms. The molecule has 3 N–H and O–H groups in total. The van der Waals surface area contributed by atoms with Crippen molar-refractivity contribution in [1.29, 1.82) is 0 Å². The maximum absolute atomic E-state index is 12.4. The number of carbonyl (C=O) groups excluding carboxylic acids is 1. The van der Waals surface area contributed by atoms with Crippen LogP contribution in [0.25, 0.3) is 10.9 Å². The molecule has 0 aliphatic carbocycles. The Hall–Kier alpha value is -3.51. The van der Waals surface area contributed by atoms with Crippen LogP contribution in [0, 0.1) is 0 Å². The zero-order chi connectivity index (χ0) is 28.3. The van der Waals surface area contributed by atoms with Gasteiger partial charge in [-0.25, -0.2) is 9.97 Å². The van der Waals surface area contributed by atoms with Gasteiger partial charge in [0.1, 0.15) is 24.5 Å². The van der Waals surface area contributed by atoms with E-state index in [2.05, 4.69) is 25.5 Å². The van der Waals surface area contributed by atoms with Gasteiger partial charge in [-0.3, -0.25) is 14.5 Å². The number of rotatable bonds is 15. The quantitative estimate of drug-likeness (QED) is 0.232. The Morgan fingerprint density at radius 3 is 2.70 bits per heavy atom. The molecule has 0 spiro atoms. The minimum Gasteiger partial charge on any atom is -0.493 e. The van der Waals surface area contributed by atoms with Crippen LogP contribution in [0.2, 0.25) is 5.02 Å². The molecule has 0 saturated carbocycles. The van der Waals surface area contributed by atoms with Gasteiger partial charge in [0.25, 0.3) is 0 Å². The van der Waals surface area contributed by atoms with Gasteiger partial charge < -0.3 is 30.0 Å². The SMILES string of the molecule is COc1cc2ncnc(Nc3cc(Cl)ccc3CC(=O)CCC(=O)O)c2cc1OCCNCCN1CCOCC1. The molecule has 3 aromatic rings. The molecule has 0 amide bonds. The number of ketones is 1. The smallest absolute Gasteiger partial charge is 0.303 e. The van der Waals surface area contributed by atoms with E-state index in [-0.39, 0.29) is 25.0 Å². The molecule has 2 aromatic carbocycles. The Labute approximate surface area is 237 Å². The normalized spacial score (nSPS) is 13.8. The monoisotopic (exact) mass is 571 g/mol. The molecule has 12 heteroatoms. The fourth-order valence-electron chi connectivity index (χ4n) is 4.35. The number of carbonyl (C=O) groups is 2. The molecular weight excluding hydrogens is 538 g/mol. The third-order valence-corrected chi connectivity index (χ3v) is 6.73. The zero-order valence-corrected chi connectivity index (χ0v) is 23.2. The number of carboxylic acids is 1. The number of carboxylic acid groups (broad SMARTS) is 1. The van der Waals surface area contributed by atoms with Gasteiger partial charge in [-0.2, -0.15) is 0 Å². The van der Waals surface area contributed by atoms with Crippen molar-refractivity contribution in [3.8, 4) is 11.5 Å². The Morgan fingerprint density at radius 2 is 1.93 bits per heavy atom. The highest BCUT2D eigenvalue weighted by Crippen LogP contribution is 2.35. The highest BCUT2D eigenvalue weighted by atomic mass is 35.5. The number of benzene rings is 2. The second-order valence-electron chi connectivity index (χ2n) is 9.33. The van der Waals surface area contributed by atoms with Crippen LogP contribution >= 0.6 is 11.6 Å². The molecule has 0 atom stereocenters. The average molecular weight is 572 g/mol. The van der Waals surface area contributed by atoms with Crippen LogP contribution in [-0.4, -0.2) is 91.4 Å². The summed E-state index contributed by atoms with van der Waals surface area (Å²) >= 11 is 6.26. The third-order valence-electron chi connectivity index (χ3n) is 6.50. The number of nitrogens with one attached hydrogen (secondary N) is 2. The van der Waals surface area contributed by atoms with Crippen molar-refractivity contribution in [2.45, 2.75) is 19.3 Å². The summed E-state index contributed by atoms with van der Waals surface area (Å²) in [7, 11) is 1.58. The van der Waals surface area contributed by atoms with Crippen molar-refractivity contribution < 1.29 is 28.9 Å². The van der Waals surface area contributed by atoms with Crippen LogP contribution in [0.1, 0.15) is 18.4 Å². The van der Waals surface area contributed by atoms with Gasteiger partial charge in [-0.1, -0.05) is 17.7 Å². The minimum absolute atomic E-state index is 0.0452. The molecule has 40 heavy (non-hydrogen) atoms. The van der Waals surface area contributed by atoms with E-state index in [4.69, 9.17) is 30.9 Å². The summed E-state index contributed by atoms with van der Waals surface area (Å²) in [5.74, 6) is 0.422. The molecule has 1 fully saturated rings. The Kier molecular flexibility index (Phi) is 10.9. The molecule has 214 valence electrons. The van der Waals surface area contributed by atoms with Crippen LogP contribution in [0.4, 0.5) is 11.5 Å². The maximum Gasteiger partial charge on any atom is 0.303 e. The van der Waals surface area contributed by atoms with E-state index < -0.39 is 5.97 Å². The lowest BCUT2D eigenvalue weighted by Crippen LogP contribution is -2.40.